The standard InChI is InChI=1S/C11H15NOS/c13-10(8-12-6-7-12)9-14-11-4-2-1-3-5-11/h1-5,10,13H,6-9H2. The molecule has 1 aromatic rings. The van der Waals surface area contributed by atoms with Crippen LogP contribution in [0.25, 0.3) is 0 Å². The summed E-state index contributed by atoms with van der Waals surface area (Å²) in [6, 6.07) is 10.2. The Morgan fingerprint density at radius 2 is 2.00 bits per heavy atom. The molecule has 1 aliphatic heterocycles. The molecule has 0 radical (unpaired) electrons. The van der Waals surface area contributed by atoms with Gasteiger partial charge >= 0.3 is 0 Å². The van der Waals surface area contributed by atoms with E-state index in [1.54, 1.807) is 11.8 Å². The molecule has 0 spiro atoms. The number of rotatable bonds is 5. The predicted octanol–water partition coefficient (Wildman–Crippen LogP) is 1.46. The summed E-state index contributed by atoms with van der Waals surface area (Å²) < 4.78 is 0. The fourth-order valence-corrected chi connectivity index (χ4v) is 2.15. The largest absolute Gasteiger partial charge is 0.391 e. The molecule has 3 heteroatoms. The minimum atomic E-state index is -0.192. The summed E-state index contributed by atoms with van der Waals surface area (Å²) in [7, 11) is 0. The van der Waals surface area contributed by atoms with Gasteiger partial charge in [-0.1, -0.05) is 18.2 Å². The van der Waals surface area contributed by atoms with E-state index in [1.807, 2.05) is 18.2 Å². The number of thioether (sulfide) groups is 1. The van der Waals surface area contributed by atoms with Crippen molar-refractivity contribution in [3.8, 4) is 0 Å². The molecule has 1 heterocycles. The molecule has 1 N–H and O–H groups in total. The maximum Gasteiger partial charge on any atom is 0.0760 e. The van der Waals surface area contributed by atoms with Crippen LogP contribution in [-0.2, 0) is 0 Å². The molecular formula is C11H15NOS. The SMILES string of the molecule is OC(CSc1ccccc1)CN1CC1. The van der Waals surface area contributed by atoms with E-state index >= 15 is 0 Å². The van der Waals surface area contributed by atoms with Gasteiger partial charge < -0.3 is 5.11 Å². The maximum absolute atomic E-state index is 9.66. The van der Waals surface area contributed by atoms with Crippen LogP contribution in [0.15, 0.2) is 35.2 Å². The number of hydrogen-bond donors (Lipinski definition) is 1. The molecule has 1 fully saturated rings. The lowest BCUT2D eigenvalue weighted by Gasteiger charge is -2.09. The minimum Gasteiger partial charge on any atom is -0.391 e. The van der Waals surface area contributed by atoms with Gasteiger partial charge in [0.1, 0.15) is 0 Å². The molecule has 0 bridgehead atoms. The van der Waals surface area contributed by atoms with Crippen molar-refractivity contribution in [3.05, 3.63) is 30.3 Å². The molecule has 2 rings (SSSR count). The van der Waals surface area contributed by atoms with Crippen LogP contribution < -0.4 is 0 Å². The topological polar surface area (TPSA) is 23.2 Å². The summed E-state index contributed by atoms with van der Waals surface area (Å²) >= 11 is 1.72. The highest BCUT2D eigenvalue weighted by molar-refractivity contribution is 7.99. The van der Waals surface area contributed by atoms with Crippen molar-refractivity contribution >= 4 is 11.8 Å². The average Bonchev–Trinajstić information content (AvgIpc) is 3.00. The van der Waals surface area contributed by atoms with E-state index in [1.165, 1.54) is 4.90 Å². The average molecular weight is 209 g/mol. The van der Waals surface area contributed by atoms with Gasteiger partial charge in [0, 0.05) is 30.3 Å². The zero-order chi connectivity index (χ0) is 9.80. The van der Waals surface area contributed by atoms with Gasteiger partial charge in [0.05, 0.1) is 6.10 Å². The molecule has 2 nitrogen and oxygen atoms in total. The highest BCUT2D eigenvalue weighted by Crippen LogP contribution is 2.18. The summed E-state index contributed by atoms with van der Waals surface area (Å²) in [5.74, 6) is 0.792. The normalized spacial score (nSPS) is 18.1. The van der Waals surface area contributed by atoms with Crippen LogP contribution in [-0.4, -0.2) is 41.5 Å². The number of hydrogen-bond acceptors (Lipinski definition) is 3. The molecule has 1 saturated heterocycles. The molecule has 1 unspecified atom stereocenters. The highest BCUT2D eigenvalue weighted by atomic mass is 32.2. The number of β-amino-alcohol motifs (C(OH)–C–C–N with tert-alkyl or cyclic N) is 1. The summed E-state index contributed by atoms with van der Waals surface area (Å²) in [6.45, 7) is 3.15. The van der Waals surface area contributed by atoms with Crippen LogP contribution in [0.1, 0.15) is 0 Å². The van der Waals surface area contributed by atoms with Gasteiger partial charge in [-0.3, -0.25) is 4.90 Å². The van der Waals surface area contributed by atoms with Gasteiger partial charge in [-0.05, 0) is 12.1 Å². The van der Waals surface area contributed by atoms with Gasteiger partial charge in [-0.25, -0.2) is 0 Å². The second-order valence-electron chi connectivity index (χ2n) is 3.58. The quantitative estimate of drug-likeness (QED) is 0.586. The number of aliphatic hydroxyl groups excluding tert-OH is 1. The van der Waals surface area contributed by atoms with Gasteiger partial charge in [-0.15, -0.1) is 11.8 Å². The molecule has 0 aromatic heterocycles. The third-order valence-corrected chi connectivity index (χ3v) is 3.35. The van der Waals surface area contributed by atoms with E-state index in [2.05, 4.69) is 17.0 Å². The molecule has 1 aromatic carbocycles. The monoisotopic (exact) mass is 209 g/mol. The Hall–Kier alpha value is -0.510. The summed E-state index contributed by atoms with van der Waals surface area (Å²) in [5.41, 5.74) is 0. The number of aliphatic hydroxyl groups is 1. The van der Waals surface area contributed by atoms with Crippen molar-refractivity contribution in [3.63, 3.8) is 0 Å². The Labute approximate surface area is 88.9 Å². The molecule has 76 valence electrons. The Bertz CT molecular complexity index is 274. The second kappa shape index (κ2) is 4.82. The van der Waals surface area contributed by atoms with E-state index in [9.17, 15) is 5.11 Å². The van der Waals surface area contributed by atoms with E-state index < -0.39 is 0 Å². The minimum absolute atomic E-state index is 0.192. The van der Waals surface area contributed by atoms with Gasteiger partial charge in [0.2, 0.25) is 0 Å². The van der Waals surface area contributed by atoms with E-state index in [0.29, 0.717) is 0 Å². The molecule has 0 amide bonds. The van der Waals surface area contributed by atoms with Crippen LogP contribution in [0.4, 0.5) is 0 Å². The van der Waals surface area contributed by atoms with Crippen LogP contribution >= 0.6 is 11.8 Å². The van der Waals surface area contributed by atoms with Crippen molar-refractivity contribution in [2.75, 3.05) is 25.4 Å². The fraction of sp³-hybridized carbons (Fsp3) is 0.455. The summed E-state index contributed by atoms with van der Waals surface area (Å²) in [5, 5.41) is 9.66. The predicted molar refractivity (Wildman–Crippen MR) is 59.6 cm³/mol. The maximum atomic E-state index is 9.66. The lowest BCUT2D eigenvalue weighted by atomic mass is 10.4. The van der Waals surface area contributed by atoms with Crippen molar-refractivity contribution < 1.29 is 5.11 Å². The van der Waals surface area contributed by atoms with E-state index in [-0.39, 0.29) is 6.10 Å². The zero-order valence-corrected chi connectivity index (χ0v) is 8.91. The van der Waals surface area contributed by atoms with Gasteiger partial charge in [-0.2, -0.15) is 0 Å². The third kappa shape index (κ3) is 3.33. The first-order chi connectivity index (χ1) is 6.84. The first-order valence-corrected chi connectivity index (χ1v) is 5.91. The molecule has 14 heavy (non-hydrogen) atoms. The third-order valence-electron chi connectivity index (χ3n) is 2.19. The first kappa shape index (κ1) is 10.0. The van der Waals surface area contributed by atoms with Crippen molar-refractivity contribution in [2.45, 2.75) is 11.0 Å². The van der Waals surface area contributed by atoms with Crippen molar-refractivity contribution in [1.82, 2.24) is 4.90 Å². The van der Waals surface area contributed by atoms with Crippen molar-refractivity contribution in [1.29, 1.82) is 0 Å². The summed E-state index contributed by atoms with van der Waals surface area (Å²) in [6.07, 6.45) is -0.192. The highest BCUT2D eigenvalue weighted by Gasteiger charge is 2.20. The lowest BCUT2D eigenvalue weighted by Crippen LogP contribution is -2.21. The van der Waals surface area contributed by atoms with Crippen LogP contribution in [0, 0.1) is 0 Å². The molecule has 1 atom stereocenters. The van der Waals surface area contributed by atoms with E-state index in [4.69, 9.17) is 0 Å². The van der Waals surface area contributed by atoms with Gasteiger partial charge in [0.15, 0.2) is 0 Å². The summed E-state index contributed by atoms with van der Waals surface area (Å²) in [4.78, 5) is 3.48. The van der Waals surface area contributed by atoms with Crippen LogP contribution in [0.5, 0.6) is 0 Å². The molecular weight excluding hydrogens is 194 g/mol. The molecule has 1 aliphatic rings. The smallest absolute Gasteiger partial charge is 0.0760 e. The Balaban J connectivity index is 1.70. The van der Waals surface area contributed by atoms with E-state index in [0.717, 1.165) is 25.4 Å². The number of benzene rings is 1. The Kier molecular flexibility index (Phi) is 3.45. The molecule has 0 aliphatic carbocycles. The fourth-order valence-electron chi connectivity index (χ4n) is 1.31. The van der Waals surface area contributed by atoms with Gasteiger partial charge in [0.25, 0.3) is 0 Å². The Morgan fingerprint density at radius 1 is 1.29 bits per heavy atom. The van der Waals surface area contributed by atoms with Crippen LogP contribution in [0.3, 0.4) is 0 Å². The lowest BCUT2D eigenvalue weighted by molar-refractivity contribution is 0.177. The zero-order valence-electron chi connectivity index (χ0n) is 8.10. The van der Waals surface area contributed by atoms with Crippen LogP contribution in [0.2, 0.25) is 0 Å². The second-order valence-corrected chi connectivity index (χ2v) is 4.67. The molecule has 0 saturated carbocycles. The Morgan fingerprint density at radius 3 is 2.64 bits per heavy atom. The first-order valence-electron chi connectivity index (χ1n) is 4.93. The number of nitrogens with zero attached hydrogens (tertiary/aromatic N) is 1. The van der Waals surface area contributed by atoms with Crippen molar-refractivity contribution in [2.24, 2.45) is 0 Å².